The molecule has 0 spiro atoms. The van der Waals surface area contributed by atoms with E-state index in [4.69, 9.17) is 16.3 Å². The number of benzene rings is 1. The Morgan fingerprint density at radius 3 is 2.50 bits per heavy atom. The van der Waals surface area contributed by atoms with Crippen molar-refractivity contribution in [2.45, 2.75) is 26.8 Å². The molecule has 0 bridgehead atoms. The maximum absolute atomic E-state index is 9.28. The third kappa shape index (κ3) is 2.77. The van der Waals surface area contributed by atoms with Crippen molar-refractivity contribution in [1.82, 2.24) is 5.32 Å². The molecule has 0 saturated carbocycles. The van der Waals surface area contributed by atoms with Crippen molar-refractivity contribution in [2.24, 2.45) is 5.41 Å². The smallest absolute Gasteiger partial charge is 0.124 e. The Hall–Kier alpha value is -1.24. The van der Waals surface area contributed by atoms with Crippen LogP contribution in [0.4, 0.5) is 0 Å². The highest BCUT2D eigenvalue weighted by Crippen LogP contribution is 2.39. The van der Waals surface area contributed by atoms with E-state index in [2.05, 4.69) is 11.4 Å². The van der Waals surface area contributed by atoms with Crippen LogP contribution in [0.25, 0.3) is 0 Å². The van der Waals surface area contributed by atoms with E-state index in [-0.39, 0.29) is 6.04 Å². The number of aryl methyl sites for hydroxylation is 1. The maximum atomic E-state index is 9.28. The summed E-state index contributed by atoms with van der Waals surface area (Å²) in [6, 6.07) is 5.94. The van der Waals surface area contributed by atoms with Crippen molar-refractivity contribution < 1.29 is 4.74 Å². The van der Waals surface area contributed by atoms with Crippen molar-refractivity contribution in [2.75, 3.05) is 14.2 Å². The molecule has 0 aliphatic carbocycles. The average molecular weight is 267 g/mol. The van der Waals surface area contributed by atoms with Gasteiger partial charge < -0.3 is 10.1 Å². The number of hydrogen-bond donors (Lipinski definition) is 1. The Morgan fingerprint density at radius 1 is 1.44 bits per heavy atom. The fourth-order valence-electron chi connectivity index (χ4n) is 2.04. The first-order chi connectivity index (χ1) is 8.37. The van der Waals surface area contributed by atoms with E-state index < -0.39 is 5.41 Å². The highest BCUT2D eigenvalue weighted by atomic mass is 35.5. The Balaban J connectivity index is 3.39. The van der Waals surface area contributed by atoms with Crippen molar-refractivity contribution in [1.29, 1.82) is 5.26 Å². The number of nitriles is 1. The van der Waals surface area contributed by atoms with E-state index in [1.807, 2.05) is 40.0 Å². The van der Waals surface area contributed by atoms with E-state index in [9.17, 15) is 5.26 Å². The third-order valence-electron chi connectivity index (χ3n) is 3.12. The quantitative estimate of drug-likeness (QED) is 0.908. The van der Waals surface area contributed by atoms with Gasteiger partial charge in [0, 0.05) is 10.6 Å². The van der Waals surface area contributed by atoms with Gasteiger partial charge in [-0.3, -0.25) is 0 Å². The molecule has 1 aromatic carbocycles. The minimum absolute atomic E-state index is 0.143. The van der Waals surface area contributed by atoms with Gasteiger partial charge in [-0.05, 0) is 45.5 Å². The third-order valence-corrected chi connectivity index (χ3v) is 3.53. The maximum Gasteiger partial charge on any atom is 0.124 e. The largest absolute Gasteiger partial charge is 0.496 e. The SMILES string of the molecule is CNC(c1cc(Cl)c(C)cc1OC)C(C)(C)C#N. The van der Waals surface area contributed by atoms with Gasteiger partial charge in [-0.25, -0.2) is 0 Å². The van der Waals surface area contributed by atoms with Gasteiger partial charge in [0.1, 0.15) is 5.75 Å². The first kappa shape index (κ1) is 14.8. The van der Waals surface area contributed by atoms with E-state index in [1.165, 1.54) is 0 Å². The van der Waals surface area contributed by atoms with Crippen LogP contribution in [0.1, 0.15) is 31.0 Å². The number of hydrogen-bond acceptors (Lipinski definition) is 3. The Morgan fingerprint density at radius 2 is 2.06 bits per heavy atom. The molecule has 98 valence electrons. The van der Waals surface area contributed by atoms with E-state index in [1.54, 1.807) is 7.11 Å². The number of nitrogens with zero attached hydrogens (tertiary/aromatic N) is 1. The van der Waals surface area contributed by atoms with Crippen molar-refractivity contribution in [3.05, 3.63) is 28.3 Å². The lowest BCUT2D eigenvalue weighted by atomic mass is 9.81. The predicted molar refractivity (Wildman–Crippen MR) is 73.9 cm³/mol. The first-order valence-electron chi connectivity index (χ1n) is 5.80. The summed E-state index contributed by atoms with van der Waals surface area (Å²) in [7, 11) is 3.45. The Kier molecular flexibility index (Phi) is 4.61. The molecule has 1 aromatic rings. The second-order valence-electron chi connectivity index (χ2n) is 4.90. The highest BCUT2D eigenvalue weighted by molar-refractivity contribution is 6.31. The monoisotopic (exact) mass is 266 g/mol. The first-order valence-corrected chi connectivity index (χ1v) is 6.17. The van der Waals surface area contributed by atoms with Crippen LogP contribution in [0.15, 0.2) is 12.1 Å². The van der Waals surface area contributed by atoms with Gasteiger partial charge >= 0.3 is 0 Å². The lowest BCUT2D eigenvalue weighted by Gasteiger charge is -2.29. The van der Waals surface area contributed by atoms with Crippen LogP contribution < -0.4 is 10.1 Å². The zero-order valence-electron chi connectivity index (χ0n) is 11.5. The second-order valence-corrected chi connectivity index (χ2v) is 5.31. The Bertz CT molecular complexity index is 477. The van der Waals surface area contributed by atoms with Crippen LogP contribution in [0, 0.1) is 23.7 Å². The highest BCUT2D eigenvalue weighted by Gasteiger charge is 2.32. The molecule has 0 heterocycles. The molecular formula is C14H19ClN2O. The van der Waals surface area contributed by atoms with Crippen LogP contribution in [-0.4, -0.2) is 14.2 Å². The summed E-state index contributed by atoms with van der Waals surface area (Å²) < 4.78 is 5.40. The normalized spacial score (nSPS) is 12.9. The summed E-state index contributed by atoms with van der Waals surface area (Å²) in [5, 5.41) is 13.1. The summed E-state index contributed by atoms with van der Waals surface area (Å²) in [5.74, 6) is 0.750. The molecule has 0 radical (unpaired) electrons. The number of nitrogens with one attached hydrogen (secondary N) is 1. The summed E-state index contributed by atoms with van der Waals surface area (Å²) in [5.41, 5.74) is 1.31. The minimum atomic E-state index is -0.555. The molecule has 0 aliphatic rings. The predicted octanol–water partition coefficient (Wildman–Crippen LogP) is 3.47. The van der Waals surface area contributed by atoms with Crippen molar-refractivity contribution in [3.63, 3.8) is 0 Å². The fourth-order valence-corrected chi connectivity index (χ4v) is 2.21. The summed E-state index contributed by atoms with van der Waals surface area (Å²) in [6.45, 7) is 5.71. The lowest BCUT2D eigenvalue weighted by molar-refractivity contribution is 0.326. The van der Waals surface area contributed by atoms with Crippen molar-refractivity contribution in [3.8, 4) is 11.8 Å². The van der Waals surface area contributed by atoms with Crippen LogP contribution >= 0.6 is 11.6 Å². The number of ether oxygens (including phenoxy) is 1. The molecule has 0 aliphatic heterocycles. The fraction of sp³-hybridized carbons (Fsp3) is 0.500. The zero-order chi connectivity index (χ0) is 13.9. The number of halogens is 1. The van der Waals surface area contributed by atoms with Crippen molar-refractivity contribution >= 4 is 11.6 Å². The molecule has 1 atom stereocenters. The van der Waals surface area contributed by atoms with Gasteiger partial charge in [0.15, 0.2) is 0 Å². The topological polar surface area (TPSA) is 45.0 Å². The summed E-state index contributed by atoms with van der Waals surface area (Å²) in [6.07, 6.45) is 0. The molecular weight excluding hydrogens is 248 g/mol. The molecule has 18 heavy (non-hydrogen) atoms. The van der Waals surface area contributed by atoms with Gasteiger partial charge in [0.05, 0.1) is 24.6 Å². The molecule has 1 N–H and O–H groups in total. The van der Waals surface area contributed by atoms with E-state index >= 15 is 0 Å². The van der Waals surface area contributed by atoms with Gasteiger partial charge in [0.25, 0.3) is 0 Å². The molecule has 0 amide bonds. The number of methoxy groups -OCH3 is 1. The van der Waals surface area contributed by atoms with Gasteiger partial charge in [-0.1, -0.05) is 11.6 Å². The van der Waals surface area contributed by atoms with Crippen LogP contribution in [-0.2, 0) is 0 Å². The number of rotatable bonds is 4. The zero-order valence-corrected chi connectivity index (χ0v) is 12.2. The van der Waals surface area contributed by atoms with Crippen LogP contribution in [0.5, 0.6) is 5.75 Å². The summed E-state index contributed by atoms with van der Waals surface area (Å²) in [4.78, 5) is 0. The molecule has 0 fully saturated rings. The Labute approximate surface area is 114 Å². The molecule has 1 rings (SSSR count). The van der Waals surface area contributed by atoms with Crippen LogP contribution in [0.2, 0.25) is 5.02 Å². The standard InChI is InChI=1S/C14H19ClN2O/c1-9-6-12(18-5)10(7-11(9)15)13(17-4)14(2,3)8-16/h6-7,13,17H,1-5H3. The molecule has 3 nitrogen and oxygen atoms in total. The molecule has 4 heteroatoms. The van der Waals surface area contributed by atoms with E-state index in [0.717, 1.165) is 16.9 Å². The van der Waals surface area contributed by atoms with Gasteiger partial charge in [0.2, 0.25) is 0 Å². The molecule has 0 saturated heterocycles. The van der Waals surface area contributed by atoms with Gasteiger partial charge in [-0.15, -0.1) is 0 Å². The molecule has 0 aromatic heterocycles. The minimum Gasteiger partial charge on any atom is -0.496 e. The molecule has 1 unspecified atom stereocenters. The van der Waals surface area contributed by atoms with Crippen LogP contribution in [0.3, 0.4) is 0 Å². The van der Waals surface area contributed by atoms with Gasteiger partial charge in [-0.2, -0.15) is 5.26 Å². The second kappa shape index (κ2) is 5.60. The lowest BCUT2D eigenvalue weighted by Crippen LogP contribution is -2.31. The summed E-state index contributed by atoms with van der Waals surface area (Å²) >= 11 is 6.17. The average Bonchev–Trinajstić information content (AvgIpc) is 2.33. The van der Waals surface area contributed by atoms with E-state index in [0.29, 0.717) is 5.02 Å².